The molecule has 1 aromatic rings. The van der Waals surface area contributed by atoms with E-state index in [-0.39, 0.29) is 12.1 Å². The van der Waals surface area contributed by atoms with Gasteiger partial charge in [0.05, 0.1) is 12.1 Å². The van der Waals surface area contributed by atoms with Gasteiger partial charge in [-0.05, 0) is 26.0 Å². The summed E-state index contributed by atoms with van der Waals surface area (Å²) in [6, 6.07) is 3.53. The summed E-state index contributed by atoms with van der Waals surface area (Å²) in [6.07, 6.45) is 1.62. The Labute approximate surface area is 82.8 Å². The predicted octanol–water partition coefficient (Wildman–Crippen LogP) is 1.92. The Morgan fingerprint density at radius 1 is 1.62 bits per heavy atom. The first-order chi connectivity index (χ1) is 6.03. The van der Waals surface area contributed by atoms with Crippen molar-refractivity contribution in [3.05, 3.63) is 23.5 Å². The Morgan fingerprint density at radius 2 is 2.31 bits per heavy atom. The fraction of sp³-hybridized carbons (Fsp3) is 0.444. The Bertz CT molecular complexity index is 289. The minimum atomic E-state index is -0.343. The minimum absolute atomic E-state index is 0.0624. The monoisotopic (exact) mass is 200 g/mol. The molecule has 3 nitrogen and oxygen atoms in total. The second-order valence-corrected chi connectivity index (χ2v) is 3.92. The van der Waals surface area contributed by atoms with Crippen LogP contribution in [0, 0.1) is 0 Å². The van der Waals surface area contributed by atoms with Crippen LogP contribution < -0.4 is 5.32 Å². The number of hydrogen-bond donors (Lipinski definition) is 2. The van der Waals surface area contributed by atoms with E-state index in [2.05, 4.69) is 10.3 Å². The van der Waals surface area contributed by atoms with Gasteiger partial charge >= 0.3 is 0 Å². The summed E-state index contributed by atoms with van der Waals surface area (Å²) in [5.41, 5.74) is 0.518. The average Bonchev–Trinajstić information content (AvgIpc) is 2.03. The normalized spacial score (nSPS) is 11.4. The maximum absolute atomic E-state index is 9.01. The van der Waals surface area contributed by atoms with Crippen molar-refractivity contribution in [2.45, 2.75) is 19.4 Å². The molecule has 0 saturated heterocycles. The van der Waals surface area contributed by atoms with Crippen LogP contribution in [0.2, 0.25) is 5.15 Å². The summed E-state index contributed by atoms with van der Waals surface area (Å²) < 4.78 is 0. The fourth-order valence-corrected chi connectivity index (χ4v) is 1.08. The highest BCUT2D eigenvalue weighted by molar-refractivity contribution is 6.29. The molecule has 0 atom stereocenters. The van der Waals surface area contributed by atoms with Crippen LogP contribution in [-0.4, -0.2) is 22.2 Å². The third kappa shape index (κ3) is 3.20. The molecule has 0 unspecified atom stereocenters. The summed E-state index contributed by atoms with van der Waals surface area (Å²) in [4.78, 5) is 3.86. The first kappa shape index (κ1) is 10.3. The van der Waals surface area contributed by atoms with Crippen molar-refractivity contribution < 1.29 is 5.11 Å². The first-order valence-electron chi connectivity index (χ1n) is 4.04. The van der Waals surface area contributed by atoms with E-state index in [0.717, 1.165) is 5.69 Å². The molecule has 0 spiro atoms. The lowest BCUT2D eigenvalue weighted by Gasteiger charge is -2.24. The van der Waals surface area contributed by atoms with Crippen LogP contribution in [0.3, 0.4) is 0 Å². The van der Waals surface area contributed by atoms with Crippen molar-refractivity contribution in [1.82, 2.24) is 4.98 Å². The lowest BCUT2D eigenvalue weighted by Crippen LogP contribution is -2.34. The lowest BCUT2D eigenvalue weighted by molar-refractivity contribution is 0.234. The van der Waals surface area contributed by atoms with Crippen LogP contribution >= 0.6 is 11.6 Å². The second-order valence-electron chi connectivity index (χ2n) is 3.53. The smallest absolute Gasteiger partial charge is 0.131 e. The van der Waals surface area contributed by atoms with Crippen LogP contribution in [0.15, 0.2) is 18.3 Å². The first-order valence-corrected chi connectivity index (χ1v) is 4.42. The molecule has 0 aliphatic carbocycles. The molecule has 0 amide bonds. The van der Waals surface area contributed by atoms with E-state index in [4.69, 9.17) is 16.7 Å². The number of nitrogens with one attached hydrogen (secondary N) is 1. The molecule has 13 heavy (non-hydrogen) atoms. The molecule has 0 aliphatic heterocycles. The van der Waals surface area contributed by atoms with Crippen molar-refractivity contribution in [2.75, 3.05) is 11.9 Å². The predicted molar refractivity (Wildman–Crippen MR) is 54.0 cm³/mol. The third-order valence-corrected chi connectivity index (χ3v) is 1.81. The molecule has 0 saturated carbocycles. The van der Waals surface area contributed by atoms with Gasteiger partial charge in [-0.3, -0.25) is 0 Å². The standard InChI is InChI=1S/C9H13ClN2O/c1-9(2,6-13)12-7-3-4-11-8(10)5-7/h3-5,13H,6H2,1-2H3,(H,11,12). The van der Waals surface area contributed by atoms with Crippen molar-refractivity contribution in [1.29, 1.82) is 0 Å². The molecule has 1 heterocycles. The zero-order valence-corrected chi connectivity index (χ0v) is 8.47. The van der Waals surface area contributed by atoms with Crippen LogP contribution in [0.25, 0.3) is 0 Å². The number of hydrogen-bond acceptors (Lipinski definition) is 3. The largest absolute Gasteiger partial charge is 0.394 e. The second kappa shape index (κ2) is 3.94. The van der Waals surface area contributed by atoms with Gasteiger partial charge in [-0.1, -0.05) is 11.6 Å². The van der Waals surface area contributed by atoms with E-state index in [1.165, 1.54) is 0 Å². The molecule has 4 heteroatoms. The van der Waals surface area contributed by atoms with Crippen LogP contribution in [0.5, 0.6) is 0 Å². The Hall–Kier alpha value is -0.800. The van der Waals surface area contributed by atoms with Crippen molar-refractivity contribution >= 4 is 17.3 Å². The highest BCUT2D eigenvalue weighted by Crippen LogP contribution is 2.16. The maximum Gasteiger partial charge on any atom is 0.131 e. The third-order valence-electron chi connectivity index (χ3n) is 1.60. The number of aromatic nitrogens is 1. The van der Waals surface area contributed by atoms with E-state index in [0.29, 0.717) is 5.15 Å². The van der Waals surface area contributed by atoms with Gasteiger partial charge in [0, 0.05) is 11.9 Å². The summed E-state index contributed by atoms with van der Waals surface area (Å²) in [6.45, 7) is 3.87. The SMILES string of the molecule is CC(C)(CO)Nc1ccnc(Cl)c1. The van der Waals surface area contributed by atoms with Crippen LogP contribution in [0.4, 0.5) is 5.69 Å². The Morgan fingerprint density at radius 3 is 2.85 bits per heavy atom. The van der Waals surface area contributed by atoms with Crippen LogP contribution in [0.1, 0.15) is 13.8 Å². The Kier molecular flexibility index (Phi) is 3.12. The zero-order valence-electron chi connectivity index (χ0n) is 7.71. The number of pyridine rings is 1. The lowest BCUT2D eigenvalue weighted by atomic mass is 10.1. The molecule has 0 bridgehead atoms. The van der Waals surface area contributed by atoms with Crippen molar-refractivity contribution in [3.63, 3.8) is 0 Å². The molecule has 2 N–H and O–H groups in total. The molecule has 0 aromatic carbocycles. The van der Waals surface area contributed by atoms with Gasteiger partial charge in [-0.2, -0.15) is 0 Å². The van der Waals surface area contributed by atoms with E-state index < -0.39 is 0 Å². The summed E-state index contributed by atoms with van der Waals surface area (Å²) in [5.74, 6) is 0. The van der Waals surface area contributed by atoms with Gasteiger partial charge in [0.1, 0.15) is 5.15 Å². The molecule has 1 rings (SSSR count). The topological polar surface area (TPSA) is 45.1 Å². The summed E-state index contributed by atoms with van der Waals surface area (Å²) >= 11 is 5.70. The van der Waals surface area contributed by atoms with Gasteiger partial charge < -0.3 is 10.4 Å². The molecular formula is C9H13ClN2O. The van der Waals surface area contributed by atoms with Gasteiger partial charge in [0.2, 0.25) is 0 Å². The Balaban J connectivity index is 2.74. The van der Waals surface area contributed by atoms with E-state index in [9.17, 15) is 0 Å². The minimum Gasteiger partial charge on any atom is -0.394 e. The average molecular weight is 201 g/mol. The summed E-state index contributed by atoms with van der Waals surface area (Å²) in [7, 11) is 0. The van der Waals surface area contributed by atoms with E-state index >= 15 is 0 Å². The summed E-state index contributed by atoms with van der Waals surface area (Å²) in [5, 5.41) is 12.6. The van der Waals surface area contributed by atoms with Crippen LogP contribution in [-0.2, 0) is 0 Å². The van der Waals surface area contributed by atoms with Gasteiger partial charge in [-0.15, -0.1) is 0 Å². The number of halogens is 1. The molecule has 1 aromatic heterocycles. The fourth-order valence-electron chi connectivity index (χ4n) is 0.910. The van der Waals surface area contributed by atoms with Crippen molar-refractivity contribution in [3.8, 4) is 0 Å². The molecule has 72 valence electrons. The quantitative estimate of drug-likeness (QED) is 0.733. The van der Waals surface area contributed by atoms with Gasteiger partial charge in [0.15, 0.2) is 0 Å². The molecular weight excluding hydrogens is 188 g/mol. The van der Waals surface area contributed by atoms with Gasteiger partial charge in [0.25, 0.3) is 0 Å². The number of rotatable bonds is 3. The number of anilines is 1. The van der Waals surface area contributed by atoms with E-state index in [1.807, 2.05) is 19.9 Å². The maximum atomic E-state index is 9.01. The highest BCUT2D eigenvalue weighted by Gasteiger charge is 2.15. The zero-order chi connectivity index (χ0) is 9.90. The molecule has 0 radical (unpaired) electrons. The molecule has 0 aliphatic rings. The highest BCUT2D eigenvalue weighted by atomic mass is 35.5. The van der Waals surface area contributed by atoms with E-state index in [1.54, 1.807) is 12.3 Å². The number of aliphatic hydroxyl groups excluding tert-OH is 1. The number of aliphatic hydroxyl groups is 1. The van der Waals surface area contributed by atoms with Gasteiger partial charge in [-0.25, -0.2) is 4.98 Å². The van der Waals surface area contributed by atoms with Crippen molar-refractivity contribution in [2.24, 2.45) is 0 Å². The molecule has 0 fully saturated rings. The number of nitrogens with zero attached hydrogens (tertiary/aromatic N) is 1.